The fourth-order valence-corrected chi connectivity index (χ4v) is 3.35. The molecule has 3 unspecified atom stereocenters. The number of ether oxygens (including phenoxy) is 2. The highest BCUT2D eigenvalue weighted by atomic mass is 16.5. The van der Waals surface area contributed by atoms with Crippen molar-refractivity contribution in [2.45, 2.75) is 52.7 Å². The Bertz CT molecular complexity index is 459. The zero-order valence-electron chi connectivity index (χ0n) is 13.8. The van der Waals surface area contributed by atoms with Gasteiger partial charge >= 0.3 is 0 Å². The molecule has 2 rings (SSSR count). The van der Waals surface area contributed by atoms with Crippen LogP contribution >= 0.6 is 0 Å². The molecule has 1 fully saturated rings. The predicted molar refractivity (Wildman–Crippen MR) is 86.6 cm³/mol. The molecule has 0 spiro atoms. The number of hydrogen-bond donors (Lipinski definition) is 1. The van der Waals surface area contributed by atoms with Crippen molar-refractivity contribution in [3.8, 4) is 11.5 Å². The highest BCUT2D eigenvalue weighted by molar-refractivity contribution is 5.40. The Morgan fingerprint density at radius 3 is 2.67 bits per heavy atom. The van der Waals surface area contributed by atoms with E-state index in [0.29, 0.717) is 18.4 Å². The molecule has 0 radical (unpaired) electrons. The fraction of sp³-hybridized carbons (Fsp3) is 0.667. The summed E-state index contributed by atoms with van der Waals surface area (Å²) in [6, 6.07) is 5.92. The van der Waals surface area contributed by atoms with Gasteiger partial charge in [0.05, 0.1) is 7.11 Å². The van der Waals surface area contributed by atoms with Gasteiger partial charge in [-0.25, -0.2) is 0 Å². The maximum absolute atomic E-state index is 6.40. The number of benzene rings is 1. The van der Waals surface area contributed by atoms with Gasteiger partial charge in [0.15, 0.2) is 0 Å². The average molecular weight is 291 g/mol. The summed E-state index contributed by atoms with van der Waals surface area (Å²) in [7, 11) is 1.68. The Balaban J connectivity index is 2.21. The Morgan fingerprint density at radius 1 is 1.29 bits per heavy atom. The molecule has 0 amide bonds. The molecule has 0 bridgehead atoms. The Morgan fingerprint density at radius 2 is 2.05 bits per heavy atom. The van der Waals surface area contributed by atoms with Crippen molar-refractivity contribution in [2.24, 2.45) is 23.5 Å². The highest BCUT2D eigenvalue weighted by Gasteiger charge is 2.32. The molecule has 21 heavy (non-hydrogen) atoms. The summed E-state index contributed by atoms with van der Waals surface area (Å²) < 4.78 is 11.7. The van der Waals surface area contributed by atoms with E-state index < -0.39 is 0 Å². The molecule has 0 heterocycles. The maximum atomic E-state index is 6.40. The van der Waals surface area contributed by atoms with E-state index in [4.69, 9.17) is 15.2 Å². The lowest BCUT2D eigenvalue weighted by Gasteiger charge is -2.37. The molecular formula is C18H29NO2. The van der Waals surface area contributed by atoms with E-state index in [0.717, 1.165) is 29.4 Å². The smallest absolute Gasteiger partial charge is 0.127 e. The van der Waals surface area contributed by atoms with Crippen LogP contribution in [0.3, 0.4) is 0 Å². The van der Waals surface area contributed by atoms with E-state index in [1.807, 2.05) is 18.2 Å². The number of hydrogen-bond acceptors (Lipinski definition) is 3. The van der Waals surface area contributed by atoms with Gasteiger partial charge in [0.25, 0.3) is 0 Å². The maximum Gasteiger partial charge on any atom is 0.127 e. The van der Waals surface area contributed by atoms with Crippen molar-refractivity contribution in [3.63, 3.8) is 0 Å². The standard InChI is InChI=1S/C18H29NO2/c1-12(2)16-8-5-13(3)9-18(16)21-17-10-15(20-4)7-6-14(17)11-19/h6-7,10,12-13,16,18H,5,8-9,11,19H2,1-4H3. The van der Waals surface area contributed by atoms with Crippen molar-refractivity contribution in [2.75, 3.05) is 7.11 Å². The van der Waals surface area contributed by atoms with Gasteiger partial charge in [-0.05, 0) is 36.7 Å². The molecule has 2 N–H and O–H groups in total. The van der Waals surface area contributed by atoms with Crippen LogP contribution in [0.2, 0.25) is 0 Å². The van der Waals surface area contributed by atoms with Gasteiger partial charge in [-0.15, -0.1) is 0 Å². The van der Waals surface area contributed by atoms with Crippen LogP contribution < -0.4 is 15.2 Å². The van der Waals surface area contributed by atoms with Crippen LogP contribution in [0.1, 0.15) is 45.6 Å². The number of rotatable bonds is 5. The summed E-state index contributed by atoms with van der Waals surface area (Å²) in [5.74, 6) is 3.72. The van der Waals surface area contributed by atoms with E-state index >= 15 is 0 Å². The van der Waals surface area contributed by atoms with Crippen LogP contribution in [0.4, 0.5) is 0 Å². The quantitative estimate of drug-likeness (QED) is 0.892. The zero-order valence-corrected chi connectivity index (χ0v) is 13.8. The minimum Gasteiger partial charge on any atom is -0.497 e. The van der Waals surface area contributed by atoms with E-state index in [1.165, 1.54) is 12.8 Å². The van der Waals surface area contributed by atoms with Gasteiger partial charge in [0.2, 0.25) is 0 Å². The summed E-state index contributed by atoms with van der Waals surface area (Å²) in [5, 5.41) is 0. The average Bonchev–Trinajstić information content (AvgIpc) is 2.47. The van der Waals surface area contributed by atoms with Crippen LogP contribution in [0.5, 0.6) is 11.5 Å². The second-order valence-corrected chi connectivity index (χ2v) is 6.66. The minimum atomic E-state index is 0.283. The SMILES string of the molecule is COc1ccc(CN)c(OC2CC(C)CCC2C(C)C)c1. The third-order valence-corrected chi connectivity index (χ3v) is 4.73. The topological polar surface area (TPSA) is 44.5 Å². The molecule has 1 aromatic rings. The molecule has 1 aliphatic rings. The first-order valence-corrected chi connectivity index (χ1v) is 8.08. The highest BCUT2D eigenvalue weighted by Crippen LogP contribution is 2.37. The third kappa shape index (κ3) is 3.91. The van der Waals surface area contributed by atoms with Crippen LogP contribution in [0, 0.1) is 17.8 Å². The number of nitrogens with two attached hydrogens (primary N) is 1. The van der Waals surface area contributed by atoms with Gasteiger partial charge in [-0.3, -0.25) is 0 Å². The van der Waals surface area contributed by atoms with Gasteiger partial charge in [0.1, 0.15) is 17.6 Å². The molecule has 1 aromatic carbocycles. The van der Waals surface area contributed by atoms with Crippen molar-refractivity contribution in [1.29, 1.82) is 0 Å². The lowest BCUT2D eigenvalue weighted by atomic mass is 9.75. The Kier molecular flexibility index (Phi) is 5.51. The molecule has 0 aromatic heterocycles. The van der Waals surface area contributed by atoms with E-state index in [1.54, 1.807) is 7.11 Å². The summed E-state index contributed by atoms with van der Waals surface area (Å²) in [4.78, 5) is 0. The van der Waals surface area contributed by atoms with Gasteiger partial charge in [-0.2, -0.15) is 0 Å². The van der Waals surface area contributed by atoms with Gasteiger partial charge < -0.3 is 15.2 Å². The molecule has 3 atom stereocenters. The van der Waals surface area contributed by atoms with Crippen LogP contribution in [-0.4, -0.2) is 13.2 Å². The zero-order chi connectivity index (χ0) is 15.4. The lowest BCUT2D eigenvalue weighted by molar-refractivity contribution is 0.0452. The van der Waals surface area contributed by atoms with Crippen molar-refractivity contribution < 1.29 is 9.47 Å². The minimum absolute atomic E-state index is 0.283. The second-order valence-electron chi connectivity index (χ2n) is 6.66. The first-order chi connectivity index (χ1) is 10.0. The lowest BCUT2D eigenvalue weighted by Crippen LogP contribution is -2.36. The molecule has 0 saturated heterocycles. The van der Waals surface area contributed by atoms with Crippen molar-refractivity contribution >= 4 is 0 Å². The molecule has 1 saturated carbocycles. The summed E-state index contributed by atoms with van der Waals surface area (Å²) in [5.41, 5.74) is 6.90. The van der Waals surface area contributed by atoms with E-state index in [2.05, 4.69) is 20.8 Å². The third-order valence-electron chi connectivity index (χ3n) is 4.73. The molecule has 3 nitrogen and oxygen atoms in total. The Hall–Kier alpha value is -1.22. The van der Waals surface area contributed by atoms with E-state index in [9.17, 15) is 0 Å². The summed E-state index contributed by atoms with van der Waals surface area (Å²) in [6.45, 7) is 7.41. The monoisotopic (exact) mass is 291 g/mol. The van der Waals surface area contributed by atoms with Crippen molar-refractivity contribution in [3.05, 3.63) is 23.8 Å². The van der Waals surface area contributed by atoms with Gasteiger partial charge in [-0.1, -0.05) is 33.3 Å². The molecular weight excluding hydrogens is 262 g/mol. The molecule has 0 aliphatic heterocycles. The predicted octanol–water partition coefficient (Wildman–Crippen LogP) is 3.99. The molecule has 1 aliphatic carbocycles. The summed E-state index contributed by atoms with van der Waals surface area (Å²) in [6.07, 6.45) is 3.98. The fourth-order valence-electron chi connectivity index (χ4n) is 3.35. The van der Waals surface area contributed by atoms with Crippen LogP contribution in [0.15, 0.2) is 18.2 Å². The summed E-state index contributed by atoms with van der Waals surface area (Å²) >= 11 is 0. The largest absolute Gasteiger partial charge is 0.497 e. The molecule has 118 valence electrons. The molecule has 3 heteroatoms. The van der Waals surface area contributed by atoms with Crippen molar-refractivity contribution in [1.82, 2.24) is 0 Å². The van der Waals surface area contributed by atoms with E-state index in [-0.39, 0.29) is 6.10 Å². The normalized spacial score (nSPS) is 25.9. The van der Waals surface area contributed by atoms with Crippen LogP contribution in [0.25, 0.3) is 0 Å². The first kappa shape index (κ1) is 16.2. The van der Waals surface area contributed by atoms with Crippen LogP contribution in [-0.2, 0) is 6.54 Å². The Labute approximate surface area is 128 Å². The first-order valence-electron chi connectivity index (χ1n) is 8.08. The second kappa shape index (κ2) is 7.17. The van der Waals surface area contributed by atoms with Gasteiger partial charge in [0, 0.05) is 18.2 Å². The number of methoxy groups -OCH3 is 1.